The summed E-state index contributed by atoms with van der Waals surface area (Å²) in [6, 6.07) is 10.6. The van der Waals surface area contributed by atoms with Crippen molar-refractivity contribution in [2.45, 2.75) is 46.1 Å². The van der Waals surface area contributed by atoms with Gasteiger partial charge in [0.25, 0.3) is 0 Å². The summed E-state index contributed by atoms with van der Waals surface area (Å²) in [5.74, 6) is 0.249. The number of carbonyl (C=O) groups is 1. The molecule has 0 N–H and O–H groups in total. The van der Waals surface area contributed by atoms with Crippen LogP contribution in [-0.4, -0.2) is 11.8 Å². The molecule has 0 atom stereocenters. The van der Waals surface area contributed by atoms with Crippen molar-refractivity contribution in [1.29, 1.82) is 0 Å². The average Bonchev–Trinajstić information content (AvgIpc) is 2.29. The summed E-state index contributed by atoms with van der Waals surface area (Å²) in [6.45, 7) is 10.1. The van der Waals surface area contributed by atoms with Gasteiger partial charge < -0.3 is 9.69 Å². The minimum absolute atomic E-state index is 0.249. The summed E-state index contributed by atoms with van der Waals surface area (Å²) in [5.41, 5.74) is 2.25. The third-order valence-electron chi connectivity index (χ3n) is 2.89. The van der Waals surface area contributed by atoms with Crippen LogP contribution in [0.3, 0.4) is 0 Å². The van der Waals surface area contributed by atoms with Gasteiger partial charge in [-0.05, 0) is 45.7 Å². The Bertz CT molecular complexity index is 395. The standard InChI is InChI=1S/C16H23NO/c1-13(2)17(16-11-6-5-7-12-16)14(3)9-8-10-15(4)18/h5-7,11-13H,3,8-10H2,1-2,4H3. The molecule has 0 aliphatic carbocycles. The first-order valence-electron chi connectivity index (χ1n) is 6.54. The molecule has 0 spiro atoms. The molecular formula is C16H23NO. The van der Waals surface area contributed by atoms with Gasteiger partial charge in [-0.2, -0.15) is 0 Å². The summed E-state index contributed by atoms with van der Waals surface area (Å²) >= 11 is 0. The van der Waals surface area contributed by atoms with Crippen molar-refractivity contribution >= 4 is 11.5 Å². The number of benzene rings is 1. The number of ketones is 1. The fourth-order valence-electron chi connectivity index (χ4n) is 2.10. The van der Waals surface area contributed by atoms with E-state index in [1.165, 1.54) is 5.69 Å². The number of nitrogens with zero attached hydrogens (tertiary/aromatic N) is 1. The molecule has 18 heavy (non-hydrogen) atoms. The normalized spacial score (nSPS) is 10.4. The second kappa shape index (κ2) is 7.00. The van der Waals surface area contributed by atoms with Gasteiger partial charge in [-0.25, -0.2) is 0 Å². The summed E-state index contributed by atoms with van der Waals surface area (Å²) < 4.78 is 0. The van der Waals surface area contributed by atoms with Gasteiger partial charge in [0, 0.05) is 23.8 Å². The highest BCUT2D eigenvalue weighted by Gasteiger charge is 2.13. The molecule has 1 aromatic rings. The predicted octanol–water partition coefficient (Wildman–Crippen LogP) is 4.17. The first kappa shape index (κ1) is 14.5. The molecule has 1 rings (SSSR count). The van der Waals surface area contributed by atoms with Gasteiger partial charge in [0.1, 0.15) is 5.78 Å². The lowest BCUT2D eigenvalue weighted by atomic mass is 10.1. The van der Waals surface area contributed by atoms with Crippen molar-refractivity contribution in [3.63, 3.8) is 0 Å². The maximum Gasteiger partial charge on any atom is 0.129 e. The zero-order valence-electron chi connectivity index (χ0n) is 11.6. The van der Waals surface area contributed by atoms with Crippen LogP contribution >= 0.6 is 0 Å². The average molecular weight is 245 g/mol. The molecule has 0 heterocycles. The van der Waals surface area contributed by atoms with Crippen LogP contribution in [-0.2, 0) is 4.79 Å². The highest BCUT2D eigenvalue weighted by Crippen LogP contribution is 2.23. The highest BCUT2D eigenvalue weighted by atomic mass is 16.1. The second-order valence-corrected chi connectivity index (χ2v) is 4.92. The van der Waals surface area contributed by atoms with Crippen molar-refractivity contribution < 1.29 is 4.79 Å². The number of allylic oxidation sites excluding steroid dienone is 1. The molecule has 0 fully saturated rings. The molecule has 0 aromatic heterocycles. The van der Waals surface area contributed by atoms with E-state index < -0.39 is 0 Å². The minimum Gasteiger partial charge on any atom is -0.343 e. The Balaban J connectivity index is 2.68. The van der Waals surface area contributed by atoms with Crippen LogP contribution in [0.1, 0.15) is 40.0 Å². The SMILES string of the molecule is C=C(CCCC(C)=O)N(c1ccccc1)C(C)C. The van der Waals surface area contributed by atoms with Crippen LogP contribution in [0.5, 0.6) is 0 Å². The lowest BCUT2D eigenvalue weighted by Crippen LogP contribution is -2.29. The highest BCUT2D eigenvalue weighted by molar-refractivity contribution is 5.75. The summed E-state index contributed by atoms with van der Waals surface area (Å²) in [4.78, 5) is 13.2. The second-order valence-electron chi connectivity index (χ2n) is 4.92. The summed E-state index contributed by atoms with van der Waals surface area (Å²) in [6.07, 6.45) is 2.39. The Labute approximate surface area is 110 Å². The zero-order chi connectivity index (χ0) is 13.5. The fraction of sp³-hybridized carbons (Fsp3) is 0.438. The van der Waals surface area contributed by atoms with E-state index in [0.29, 0.717) is 12.5 Å². The number of para-hydroxylation sites is 1. The zero-order valence-corrected chi connectivity index (χ0v) is 11.6. The van der Waals surface area contributed by atoms with Crippen molar-refractivity contribution in [2.75, 3.05) is 4.90 Å². The summed E-state index contributed by atoms with van der Waals surface area (Å²) in [5, 5.41) is 0. The number of Topliss-reactive ketones (excluding diaryl/α,β-unsaturated/α-hetero) is 1. The molecule has 0 saturated carbocycles. The number of carbonyl (C=O) groups excluding carboxylic acids is 1. The number of rotatable bonds is 7. The minimum atomic E-state index is 0.249. The van der Waals surface area contributed by atoms with E-state index in [0.717, 1.165) is 18.5 Å². The van der Waals surface area contributed by atoms with Gasteiger partial charge in [-0.3, -0.25) is 0 Å². The first-order chi connectivity index (χ1) is 8.52. The Morgan fingerprint density at radius 3 is 2.33 bits per heavy atom. The number of anilines is 1. The quantitative estimate of drug-likeness (QED) is 0.718. The monoisotopic (exact) mass is 245 g/mol. The van der Waals surface area contributed by atoms with E-state index in [9.17, 15) is 4.79 Å². The van der Waals surface area contributed by atoms with Crippen molar-refractivity contribution in [1.82, 2.24) is 0 Å². The predicted molar refractivity (Wildman–Crippen MR) is 77.7 cm³/mol. The molecule has 0 aliphatic rings. The lowest BCUT2D eigenvalue weighted by molar-refractivity contribution is -0.117. The molecule has 1 aromatic carbocycles. The molecule has 0 radical (unpaired) electrons. The van der Waals surface area contributed by atoms with Crippen LogP contribution in [0, 0.1) is 0 Å². The molecule has 0 bridgehead atoms. The summed E-state index contributed by atoms with van der Waals surface area (Å²) in [7, 11) is 0. The van der Waals surface area contributed by atoms with E-state index in [2.05, 4.69) is 37.5 Å². The maximum atomic E-state index is 11.0. The molecule has 98 valence electrons. The van der Waals surface area contributed by atoms with Crippen LogP contribution in [0.2, 0.25) is 0 Å². The third kappa shape index (κ3) is 4.36. The maximum absolute atomic E-state index is 11.0. The van der Waals surface area contributed by atoms with E-state index in [1.807, 2.05) is 18.2 Å². The first-order valence-corrected chi connectivity index (χ1v) is 6.54. The van der Waals surface area contributed by atoms with Gasteiger partial charge in [0.2, 0.25) is 0 Å². The Hall–Kier alpha value is -1.57. The van der Waals surface area contributed by atoms with Crippen LogP contribution in [0.4, 0.5) is 5.69 Å². The van der Waals surface area contributed by atoms with Gasteiger partial charge >= 0.3 is 0 Å². The number of hydrogen-bond donors (Lipinski definition) is 0. The van der Waals surface area contributed by atoms with Gasteiger partial charge in [-0.15, -0.1) is 0 Å². The van der Waals surface area contributed by atoms with Crippen molar-refractivity contribution in [3.05, 3.63) is 42.6 Å². The van der Waals surface area contributed by atoms with Crippen LogP contribution in [0.15, 0.2) is 42.6 Å². The van der Waals surface area contributed by atoms with Gasteiger partial charge in [-0.1, -0.05) is 24.8 Å². The Kier molecular flexibility index (Phi) is 5.63. The third-order valence-corrected chi connectivity index (χ3v) is 2.89. The van der Waals surface area contributed by atoms with Crippen LogP contribution in [0.25, 0.3) is 0 Å². The van der Waals surface area contributed by atoms with Crippen molar-refractivity contribution in [2.24, 2.45) is 0 Å². The van der Waals surface area contributed by atoms with E-state index in [-0.39, 0.29) is 5.78 Å². The molecule has 0 unspecified atom stereocenters. The smallest absolute Gasteiger partial charge is 0.129 e. The Morgan fingerprint density at radius 2 is 1.83 bits per heavy atom. The molecule has 0 saturated heterocycles. The fourth-order valence-corrected chi connectivity index (χ4v) is 2.10. The molecule has 2 nitrogen and oxygen atoms in total. The van der Waals surface area contributed by atoms with Gasteiger partial charge in [0.05, 0.1) is 0 Å². The number of hydrogen-bond acceptors (Lipinski definition) is 2. The van der Waals surface area contributed by atoms with Gasteiger partial charge in [0.15, 0.2) is 0 Å². The van der Waals surface area contributed by atoms with Crippen molar-refractivity contribution in [3.8, 4) is 0 Å². The largest absolute Gasteiger partial charge is 0.343 e. The van der Waals surface area contributed by atoms with Crippen LogP contribution < -0.4 is 4.90 Å². The molecule has 2 heteroatoms. The van der Waals surface area contributed by atoms with E-state index in [1.54, 1.807) is 6.92 Å². The lowest BCUT2D eigenvalue weighted by Gasteiger charge is -2.31. The Morgan fingerprint density at radius 1 is 1.22 bits per heavy atom. The van der Waals surface area contributed by atoms with E-state index >= 15 is 0 Å². The molecular weight excluding hydrogens is 222 g/mol. The molecule has 0 amide bonds. The van der Waals surface area contributed by atoms with E-state index in [4.69, 9.17) is 0 Å². The topological polar surface area (TPSA) is 20.3 Å². The molecule has 0 aliphatic heterocycles.